The lowest BCUT2D eigenvalue weighted by Gasteiger charge is -2.03. The van der Waals surface area contributed by atoms with Crippen molar-refractivity contribution in [2.75, 3.05) is 0 Å². The zero-order valence-electron chi connectivity index (χ0n) is 11.8. The van der Waals surface area contributed by atoms with Gasteiger partial charge < -0.3 is 4.57 Å². The Bertz CT molecular complexity index is 1020. The molecule has 0 atom stereocenters. The van der Waals surface area contributed by atoms with Crippen LogP contribution in [0.5, 0.6) is 0 Å². The van der Waals surface area contributed by atoms with Gasteiger partial charge in [0.15, 0.2) is 0 Å². The fraction of sp³-hybridized carbons (Fsp3) is 0.0556. The van der Waals surface area contributed by atoms with Crippen molar-refractivity contribution in [1.29, 1.82) is 0 Å². The molecule has 2 aromatic heterocycles. The zero-order chi connectivity index (χ0) is 15.3. The summed E-state index contributed by atoms with van der Waals surface area (Å²) in [5, 5.41) is 2.69. The molecule has 4 aromatic rings. The largest absolute Gasteiger partial charge is 0.350 e. The molecule has 0 saturated heterocycles. The van der Waals surface area contributed by atoms with Crippen molar-refractivity contribution in [2.45, 2.75) is 0 Å². The van der Waals surface area contributed by atoms with Crippen molar-refractivity contribution in [1.82, 2.24) is 9.55 Å². The minimum atomic E-state index is -0.235. The fourth-order valence-corrected chi connectivity index (χ4v) is 2.99. The third kappa shape index (κ3) is 2.06. The number of fused-ring (bicyclic) bond motifs is 2. The SMILES string of the molecule is Cn1cc(-c2ccc3cc(Cl)ccc3n2)c2ccc(F)cc21. The first-order valence-corrected chi connectivity index (χ1v) is 7.31. The summed E-state index contributed by atoms with van der Waals surface area (Å²) < 4.78 is 15.4. The summed E-state index contributed by atoms with van der Waals surface area (Å²) in [4.78, 5) is 4.71. The predicted octanol–water partition coefficient (Wildman–Crippen LogP) is 5.19. The maximum atomic E-state index is 13.4. The zero-order valence-corrected chi connectivity index (χ0v) is 12.6. The number of hydrogen-bond donors (Lipinski definition) is 0. The van der Waals surface area contributed by atoms with Gasteiger partial charge in [0, 0.05) is 34.6 Å². The van der Waals surface area contributed by atoms with Crippen LogP contribution < -0.4 is 0 Å². The van der Waals surface area contributed by atoms with Gasteiger partial charge in [0.2, 0.25) is 0 Å². The number of benzene rings is 2. The third-order valence-electron chi connectivity index (χ3n) is 3.88. The smallest absolute Gasteiger partial charge is 0.125 e. The summed E-state index contributed by atoms with van der Waals surface area (Å²) in [5.41, 5.74) is 3.61. The molecule has 2 heterocycles. The first kappa shape index (κ1) is 13.3. The van der Waals surface area contributed by atoms with Crippen molar-refractivity contribution in [3.05, 3.63) is 65.6 Å². The summed E-state index contributed by atoms with van der Waals surface area (Å²) in [5.74, 6) is -0.235. The van der Waals surface area contributed by atoms with Gasteiger partial charge >= 0.3 is 0 Å². The molecular formula is C18H12ClFN2. The van der Waals surface area contributed by atoms with Crippen LogP contribution in [0.1, 0.15) is 0 Å². The van der Waals surface area contributed by atoms with Gasteiger partial charge in [-0.3, -0.25) is 0 Å². The van der Waals surface area contributed by atoms with Gasteiger partial charge in [-0.25, -0.2) is 9.37 Å². The first-order valence-electron chi connectivity index (χ1n) is 6.93. The predicted molar refractivity (Wildman–Crippen MR) is 88.6 cm³/mol. The van der Waals surface area contributed by atoms with Gasteiger partial charge in [0.05, 0.1) is 16.7 Å². The van der Waals surface area contributed by atoms with Gasteiger partial charge in [-0.2, -0.15) is 0 Å². The molecule has 0 N–H and O–H groups in total. The molecule has 0 aliphatic rings. The standard InChI is InChI=1S/C18H12ClFN2/c1-22-10-15(14-5-4-13(20)9-18(14)22)17-6-2-11-8-12(19)3-7-16(11)21-17/h2-10H,1H3. The van der Waals surface area contributed by atoms with Crippen molar-refractivity contribution in [2.24, 2.45) is 7.05 Å². The van der Waals surface area contributed by atoms with E-state index in [9.17, 15) is 4.39 Å². The molecule has 2 nitrogen and oxygen atoms in total. The highest BCUT2D eigenvalue weighted by atomic mass is 35.5. The molecule has 0 bridgehead atoms. The van der Waals surface area contributed by atoms with Gasteiger partial charge in [-0.1, -0.05) is 17.7 Å². The van der Waals surface area contributed by atoms with Crippen molar-refractivity contribution >= 4 is 33.4 Å². The average Bonchev–Trinajstić information content (AvgIpc) is 2.83. The van der Waals surface area contributed by atoms with Crippen LogP contribution in [0.4, 0.5) is 4.39 Å². The highest BCUT2D eigenvalue weighted by Crippen LogP contribution is 2.31. The normalized spacial score (nSPS) is 11.4. The quantitative estimate of drug-likeness (QED) is 0.473. The maximum absolute atomic E-state index is 13.4. The van der Waals surface area contributed by atoms with Gasteiger partial charge in [0.1, 0.15) is 5.82 Å². The fourth-order valence-electron chi connectivity index (χ4n) is 2.81. The second kappa shape index (κ2) is 4.82. The molecular weight excluding hydrogens is 299 g/mol. The number of pyridine rings is 1. The molecule has 22 heavy (non-hydrogen) atoms. The number of aryl methyl sites for hydroxylation is 1. The Morgan fingerprint density at radius 2 is 1.91 bits per heavy atom. The minimum absolute atomic E-state index is 0.235. The first-order chi connectivity index (χ1) is 10.6. The Morgan fingerprint density at radius 1 is 1.05 bits per heavy atom. The van der Waals surface area contributed by atoms with E-state index < -0.39 is 0 Å². The van der Waals surface area contributed by atoms with Crippen molar-refractivity contribution in [3.63, 3.8) is 0 Å². The second-order valence-electron chi connectivity index (χ2n) is 5.35. The summed E-state index contributed by atoms with van der Waals surface area (Å²) in [6.07, 6.45) is 1.98. The molecule has 0 radical (unpaired) electrons. The van der Waals surface area contributed by atoms with Crippen LogP contribution in [0.2, 0.25) is 5.02 Å². The summed E-state index contributed by atoms with van der Waals surface area (Å²) in [6, 6.07) is 14.4. The van der Waals surface area contributed by atoms with Crippen LogP contribution in [-0.4, -0.2) is 9.55 Å². The van der Waals surface area contributed by atoms with Crippen LogP contribution in [0.25, 0.3) is 33.1 Å². The van der Waals surface area contributed by atoms with E-state index in [1.807, 2.05) is 48.1 Å². The summed E-state index contributed by atoms with van der Waals surface area (Å²) in [6.45, 7) is 0. The molecule has 0 aliphatic heterocycles. The van der Waals surface area contributed by atoms with Crippen LogP contribution in [0.15, 0.2) is 54.7 Å². The van der Waals surface area contributed by atoms with Crippen LogP contribution in [0.3, 0.4) is 0 Å². The van der Waals surface area contributed by atoms with Crippen LogP contribution >= 0.6 is 11.6 Å². The van der Waals surface area contributed by atoms with Crippen molar-refractivity contribution in [3.8, 4) is 11.3 Å². The second-order valence-corrected chi connectivity index (χ2v) is 5.79. The molecule has 4 heteroatoms. The highest BCUT2D eigenvalue weighted by molar-refractivity contribution is 6.31. The van der Waals surface area contributed by atoms with E-state index in [1.54, 1.807) is 12.1 Å². The van der Waals surface area contributed by atoms with E-state index in [0.29, 0.717) is 5.02 Å². The lowest BCUT2D eigenvalue weighted by atomic mass is 10.1. The Kier molecular flexibility index (Phi) is 2.91. The topological polar surface area (TPSA) is 17.8 Å². The van der Waals surface area contributed by atoms with Crippen LogP contribution in [0, 0.1) is 5.82 Å². The molecule has 0 saturated carbocycles. The number of halogens is 2. The Balaban J connectivity index is 1.97. The molecule has 4 rings (SSSR count). The summed E-state index contributed by atoms with van der Waals surface area (Å²) >= 11 is 6.01. The summed E-state index contributed by atoms with van der Waals surface area (Å²) in [7, 11) is 1.91. The molecule has 2 aromatic carbocycles. The third-order valence-corrected chi connectivity index (χ3v) is 4.11. The van der Waals surface area contributed by atoms with E-state index in [0.717, 1.165) is 33.1 Å². The minimum Gasteiger partial charge on any atom is -0.350 e. The highest BCUT2D eigenvalue weighted by Gasteiger charge is 2.11. The lowest BCUT2D eigenvalue weighted by molar-refractivity contribution is 0.629. The molecule has 0 amide bonds. The molecule has 108 valence electrons. The maximum Gasteiger partial charge on any atom is 0.125 e. The Hall–Kier alpha value is -2.39. The van der Waals surface area contributed by atoms with E-state index in [1.165, 1.54) is 6.07 Å². The van der Waals surface area contributed by atoms with E-state index in [2.05, 4.69) is 0 Å². The van der Waals surface area contributed by atoms with E-state index in [4.69, 9.17) is 16.6 Å². The molecule has 0 fully saturated rings. The van der Waals surface area contributed by atoms with Gasteiger partial charge in [0.25, 0.3) is 0 Å². The van der Waals surface area contributed by atoms with Crippen LogP contribution in [-0.2, 0) is 7.05 Å². The van der Waals surface area contributed by atoms with Gasteiger partial charge in [-0.05, 0) is 42.5 Å². The lowest BCUT2D eigenvalue weighted by Crippen LogP contribution is -1.85. The monoisotopic (exact) mass is 310 g/mol. The van der Waals surface area contributed by atoms with E-state index in [-0.39, 0.29) is 5.82 Å². The van der Waals surface area contributed by atoms with E-state index >= 15 is 0 Å². The van der Waals surface area contributed by atoms with Crippen molar-refractivity contribution < 1.29 is 4.39 Å². The molecule has 0 aliphatic carbocycles. The number of hydrogen-bond acceptors (Lipinski definition) is 1. The average molecular weight is 311 g/mol. The molecule has 0 spiro atoms. The number of aromatic nitrogens is 2. The molecule has 0 unspecified atom stereocenters. The number of nitrogens with zero attached hydrogens (tertiary/aromatic N) is 2. The Morgan fingerprint density at radius 3 is 2.77 bits per heavy atom. The number of rotatable bonds is 1. The Labute approximate surface area is 131 Å². The van der Waals surface area contributed by atoms with Gasteiger partial charge in [-0.15, -0.1) is 0 Å².